The molecule has 0 radical (unpaired) electrons. The molecular weight excluding hydrogens is 250 g/mol. The number of fused-ring (bicyclic) bond motifs is 2. The second-order valence-electron chi connectivity index (χ2n) is 5.89. The topological polar surface area (TPSA) is 49.6 Å². The molecule has 2 aliphatic rings. The van der Waals surface area contributed by atoms with Gasteiger partial charge in [-0.25, -0.2) is 0 Å². The Balaban J connectivity index is 0.00000162. The van der Waals surface area contributed by atoms with Crippen molar-refractivity contribution in [3.8, 4) is 0 Å². The summed E-state index contributed by atoms with van der Waals surface area (Å²) in [7, 11) is 2.19. The summed E-state index contributed by atoms with van der Waals surface area (Å²) in [6, 6.07) is 0.885. The maximum Gasteiger partial charge on any atom is 0.239 e. The van der Waals surface area contributed by atoms with Gasteiger partial charge in [0.1, 0.15) is 0 Å². The van der Waals surface area contributed by atoms with Gasteiger partial charge in [-0.1, -0.05) is 13.8 Å². The van der Waals surface area contributed by atoms with E-state index in [-0.39, 0.29) is 30.3 Å². The van der Waals surface area contributed by atoms with Gasteiger partial charge >= 0.3 is 0 Å². The Kier molecular flexibility index (Phi) is 5.44. The van der Waals surface area contributed by atoms with Crippen LogP contribution in [0.3, 0.4) is 0 Å². The van der Waals surface area contributed by atoms with Crippen LogP contribution in [0.1, 0.15) is 33.1 Å². The average molecular weight is 276 g/mol. The highest BCUT2D eigenvalue weighted by Gasteiger charge is 2.37. The zero-order valence-corrected chi connectivity index (χ0v) is 12.4. The number of likely N-dealkylation sites (tertiary alicyclic amines) is 1. The average Bonchev–Trinajstić information content (AvgIpc) is 2.51. The van der Waals surface area contributed by atoms with Crippen LogP contribution in [0.25, 0.3) is 0 Å². The number of hydrogen-bond acceptors (Lipinski definition) is 3. The van der Waals surface area contributed by atoms with Gasteiger partial charge < -0.3 is 10.6 Å². The van der Waals surface area contributed by atoms with Gasteiger partial charge in [0.25, 0.3) is 0 Å². The maximum absolute atomic E-state index is 12.3. The van der Waals surface area contributed by atoms with Crippen molar-refractivity contribution in [1.29, 1.82) is 0 Å². The van der Waals surface area contributed by atoms with Crippen LogP contribution in [-0.4, -0.2) is 54.0 Å². The van der Waals surface area contributed by atoms with Crippen LogP contribution < -0.4 is 5.73 Å². The van der Waals surface area contributed by atoms with Crippen molar-refractivity contribution in [2.24, 2.45) is 11.7 Å². The third-order valence-electron chi connectivity index (χ3n) is 4.46. The van der Waals surface area contributed by atoms with E-state index >= 15 is 0 Å². The van der Waals surface area contributed by atoms with Gasteiger partial charge in [0.05, 0.1) is 6.04 Å². The molecule has 3 atom stereocenters. The lowest BCUT2D eigenvalue weighted by Crippen LogP contribution is -2.49. The fourth-order valence-corrected chi connectivity index (χ4v) is 3.00. The fourth-order valence-electron chi connectivity index (χ4n) is 3.00. The Hall–Kier alpha value is -0.320. The highest BCUT2D eigenvalue weighted by Crippen LogP contribution is 2.28. The molecule has 5 heteroatoms. The van der Waals surface area contributed by atoms with Gasteiger partial charge in [0.2, 0.25) is 5.91 Å². The SMILES string of the molecule is CC(C)[C@H](N)C(=O)N1CCC2CCC(C1)N2C.Cl. The first-order chi connectivity index (χ1) is 8.00. The molecule has 0 aromatic rings. The van der Waals surface area contributed by atoms with Crippen LogP contribution >= 0.6 is 12.4 Å². The number of carbonyl (C=O) groups is 1. The molecule has 4 nitrogen and oxygen atoms in total. The van der Waals surface area contributed by atoms with Gasteiger partial charge in [-0.3, -0.25) is 9.69 Å². The lowest BCUT2D eigenvalue weighted by Gasteiger charge is -2.29. The molecule has 0 aromatic heterocycles. The predicted molar refractivity (Wildman–Crippen MR) is 75.8 cm³/mol. The van der Waals surface area contributed by atoms with Crippen LogP contribution in [0.4, 0.5) is 0 Å². The van der Waals surface area contributed by atoms with Crippen molar-refractivity contribution in [3.63, 3.8) is 0 Å². The minimum absolute atomic E-state index is 0. The molecular formula is C13H26ClN3O. The Morgan fingerprint density at radius 1 is 1.22 bits per heavy atom. The zero-order chi connectivity index (χ0) is 12.6. The fraction of sp³-hybridized carbons (Fsp3) is 0.923. The summed E-state index contributed by atoms with van der Waals surface area (Å²) in [6.07, 6.45) is 3.62. The Labute approximate surface area is 116 Å². The molecule has 0 saturated carbocycles. The van der Waals surface area contributed by atoms with E-state index in [2.05, 4.69) is 11.9 Å². The summed E-state index contributed by atoms with van der Waals surface area (Å²) < 4.78 is 0. The molecule has 0 aliphatic carbocycles. The third kappa shape index (κ3) is 2.98. The third-order valence-corrected chi connectivity index (χ3v) is 4.46. The van der Waals surface area contributed by atoms with Crippen LogP contribution in [0.15, 0.2) is 0 Å². The van der Waals surface area contributed by atoms with Crippen LogP contribution in [0.2, 0.25) is 0 Å². The van der Waals surface area contributed by atoms with Crippen molar-refractivity contribution in [1.82, 2.24) is 9.80 Å². The molecule has 106 valence electrons. The number of nitrogens with zero attached hydrogens (tertiary/aromatic N) is 2. The highest BCUT2D eigenvalue weighted by molar-refractivity contribution is 5.85. The van der Waals surface area contributed by atoms with Gasteiger partial charge in [-0.05, 0) is 32.2 Å². The normalized spacial score (nSPS) is 29.9. The second kappa shape index (κ2) is 6.22. The summed E-state index contributed by atoms with van der Waals surface area (Å²) in [5.41, 5.74) is 5.97. The second-order valence-corrected chi connectivity index (χ2v) is 5.89. The van der Waals surface area contributed by atoms with E-state index in [0.717, 1.165) is 19.5 Å². The smallest absolute Gasteiger partial charge is 0.239 e. The number of carbonyl (C=O) groups excluding carboxylic acids is 1. The van der Waals surface area contributed by atoms with Gasteiger partial charge in [0.15, 0.2) is 0 Å². The van der Waals surface area contributed by atoms with Gasteiger partial charge in [0, 0.05) is 25.2 Å². The molecule has 1 amide bonds. The van der Waals surface area contributed by atoms with Crippen LogP contribution in [0, 0.1) is 5.92 Å². The molecule has 18 heavy (non-hydrogen) atoms. The number of rotatable bonds is 2. The first-order valence-electron chi connectivity index (χ1n) is 6.77. The van der Waals surface area contributed by atoms with E-state index in [1.54, 1.807) is 0 Å². The Morgan fingerprint density at radius 3 is 2.44 bits per heavy atom. The molecule has 2 heterocycles. The monoisotopic (exact) mass is 275 g/mol. The standard InChI is InChI=1S/C13H25N3O.ClH/c1-9(2)12(14)13(17)16-7-6-10-4-5-11(8-16)15(10)3;/h9-12H,4-8,14H2,1-3H3;1H/t10?,11?,12-;/m0./s1. The predicted octanol–water partition coefficient (Wildman–Crippen LogP) is 1.09. The summed E-state index contributed by atoms with van der Waals surface area (Å²) in [6.45, 7) is 5.77. The van der Waals surface area contributed by atoms with Gasteiger partial charge in [-0.2, -0.15) is 0 Å². The molecule has 2 N–H and O–H groups in total. The molecule has 2 unspecified atom stereocenters. The summed E-state index contributed by atoms with van der Waals surface area (Å²) in [5, 5.41) is 0. The number of likely N-dealkylation sites (N-methyl/N-ethyl adjacent to an activating group) is 1. The zero-order valence-electron chi connectivity index (χ0n) is 11.6. The highest BCUT2D eigenvalue weighted by atomic mass is 35.5. The maximum atomic E-state index is 12.3. The Morgan fingerprint density at radius 2 is 1.83 bits per heavy atom. The Bertz CT molecular complexity index is 298. The number of amides is 1. The first-order valence-corrected chi connectivity index (χ1v) is 6.77. The van der Waals surface area contributed by atoms with Crippen LogP contribution in [-0.2, 0) is 4.79 Å². The van der Waals surface area contributed by atoms with E-state index in [0.29, 0.717) is 12.1 Å². The number of nitrogens with two attached hydrogens (primary N) is 1. The van der Waals surface area contributed by atoms with Crippen molar-refractivity contribution in [3.05, 3.63) is 0 Å². The molecule has 2 bridgehead atoms. The minimum Gasteiger partial charge on any atom is -0.340 e. The van der Waals surface area contributed by atoms with Crippen molar-refractivity contribution >= 4 is 18.3 Å². The summed E-state index contributed by atoms with van der Waals surface area (Å²) in [5.74, 6) is 0.363. The lowest BCUT2D eigenvalue weighted by atomic mass is 10.0. The lowest BCUT2D eigenvalue weighted by molar-refractivity contribution is -0.133. The number of halogens is 1. The largest absolute Gasteiger partial charge is 0.340 e. The van der Waals surface area contributed by atoms with Crippen molar-refractivity contribution in [2.45, 2.75) is 51.2 Å². The minimum atomic E-state index is -0.336. The van der Waals surface area contributed by atoms with Crippen molar-refractivity contribution in [2.75, 3.05) is 20.1 Å². The summed E-state index contributed by atoms with van der Waals surface area (Å²) >= 11 is 0. The molecule has 0 spiro atoms. The van der Waals surface area contributed by atoms with Crippen LogP contribution in [0.5, 0.6) is 0 Å². The number of hydrogen-bond donors (Lipinski definition) is 1. The van der Waals surface area contributed by atoms with E-state index in [1.807, 2.05) is 18.7 Å². The molecule has 2 saturated heterocycles. The molecule has 2 rings (SSSR count). The molecule has 0 aromatic carbocycles. The quantitative estimate of drug-likeness (QED) is 0.821. The summed E-state index contributed by atoms with van der Waals surface area (Å²) in [4.78, 5) is 16.7. The first kappa shape index (κ1) is 15.7. The van der Waals surface area contributed by atoms with E-state index in [9.17, 15) is 4.79 Å². The van der Waals surface area contributed by atoms with E-state index in [1.165, 1.54) is 12.8 Å². The van der Waals surface area contributed by atoms with Gasteiger partial charge in [-0.15, -0.1) is 12.4 Å². The molecule has 2 fully saturated rings. The van der Waals surface area contributed by atoms with Crippen molar-refractivity contribution < 1.29 is 4.79 Å². The molecule has 2 aliphatic heterocycles. The van der Waals surface area contributed by atoms with E-state index in [4.69, 9.17) is 5.73 Å². The van der Waals surface area contributed by atoms with E-state index < -0.39 is 0 Å².